The molecule has 2 nitrogen and oxygen atoms in total. The van der Waals surface area contributed by atoms with E-state index in [4.69, 9.17) is 0 Å². The van der Waals surface area contributed by atoms with Gasteiger partial charge in [0.05, 0.1) is 6.04 Å². The van der Waals surface area contributed by atoms with Crippen LogP contribution in [0, 0.1) is 5.92 Å². The Labute approximate surface area is 93.0 Å². The highest BCUT2D eigenvalue weighted by atomic mass is 16.1. The Kier molecular flexibility index (Phi) is 3.45. The van der Waals surface area contributed by atoms with Crippen molar-refractivity contribution in [3.05, 3.63) is 0 Å². The van der Waals surface area contributed by atoms with Crippen molar-refractivity contribution in [3.63, 3.8) is 0 Å². The van der Waals surface area contributed by atoms with Crippen molar-refractivity contribution in [2.45, 2.75) is 64.5 Å². The molecule has 0 saturated heterocycles. The molecule has 0 bridgehead atoms. The highest BCUT2D eigenvalue weighted by Crippen LogP contribution is 2.33. The third-order valence-electron chi connectivity index (χ3n) is 3.65. The molecule has 0 aromatic heterocycles. The van der Waals surface area contributed by atoms with Crippen LogP contribution in [0.3, 0.4) is 0 Å². The fraction of sp³-hybridized carbons (Fsp3) is 0.923. The van der Waals surface area contributed by atoms with E-state index in [0.29, 0.717) is 5.78 Å². The summed E-state index contributed by atoms with van der Waals surface area (Å²) in [6, 6.07) is 1.03. The number of ketones is 1. The maximum Gasteiger partial charge on any atom is 0.149 e. The van der Waals surface area contributed by atoms with Crippen molar-refractivity contribution in [2.24, 2.45) is 5.92 Å². The van der Waals surface area contributed by atoms with E-state index in [0.717, 1.165) is 37.8 Å². The standard InChI is InChI=1S/C13H23NO/c1-10(2)8-9-14(11-6-7-11)12-4-3-5-13(12)15/h10-12H,3-9H2,1-2H3. The first kappa shape index (κ1) is 11.1. The van der Waals surface area contributed by atoms with E-state index in [1.807, 2.05) is 0 Å². The first-order valence-electron chi connectivity index (χ1n) is 6.47. The molecule has 86 valence electrons. The first-order chi connectivity index (χ1) is 7.18. The molecule has 2 rings (SSSR count). The Morgan fingerprint density at radius 3 is 2.53 bits per heavy atom. The van der Waals surface area contributed by atoms with Crippen molar-refractivity contribution in [3.8, 4) is 0 Å². The van der Waals surface area contributed by atoms with E-state index in [9.17, 15) is 4.79 Å². The van der Waals surface area contributed by atoms with Gasteiger partial charge >= 0.3 is 0 Å². The summed E-state index contributed by atoms with van der Waals surface area (Å²) in [7, 11) is 0. The molecule has 2 saturated carbocycles. The highest BCUT2D eigenvalue weighted by Gasteiger charge is 2.38. The summed E-state index contributed by atoms with van der Waals surface area (Å²) >= 11 is 0. The van der Waals surface area contributed by atoms with Gasteiger partial charge in [-0.25, -0.2) is 0 Å². The normalized spacial score (nSPS) is 26.9. The number of Topliss-reactive ketones (excluding diaryl/α,β-unsaturated/α-hetero) is 1. The van der Waals surface area contributed by atoms with Gasteiger partial charge in [0.2, 0.25) is 0 Å². The summed E-state index contributed by atoms with van der Waals surface area (Å²) in [6.45, 7) is 5.67. The molecule has 0 aliphatic heterocycles. The van der Waals surface area contributed by atoms with Crippen LogP contribution in [0.4, 0.5) is 0 Å². The minimum atomic E-state index is 0.288. The Morgan fingerprint density at radius 2 is 2.07 bits per heavy atom. The molecular formula is C13H23NO. The highest BCUT2D eigenvalue weighted by molar-refractivity contribution is 5.86. The SMILES string of the molecule is CC(C)CCN(C1CC1)C1CCCC1=O. The Balaban J connectivity index is 1.90. The molecule has 0 aromatic carbocycles. The molecule has 0 N–H and O–H groups in total. The van der Waals surface area contributed by atoms with Crippen LogP contribution in [0.15, 0.2) is 0 Å². The average molecular weight is 209 g/mol. The number of rotatable bonds is 5. The van der Waals surface area contributed by atoms with Crippen molar-refractivity contribution < 1.29 is 4.79 Å². The second kappa shape index (κ2) is 4.65. The van der Waals surface area contributed by atoms with E-state index in [1.165, 1.54) is 19.3 Å². The van der Waals surface area contributed by atoms with E-state index >= 15 is 0 Å². The van der Waals surface area contributed by atoms with E-state index in [2.05, 4.69) is 18.7 Å². The van der Waals surface area contributed by atoms with Crippen LogP contribution in [0.2, 0.25) is 0 Å². The maximum atomic E-state index is 11.8. The third kappa shape index (κ3) is 2.81. The van der Waals surface area contributed by atoms with Gasteiger partial charge < -0.3 is 0 Å². The van der Waals surface area contributed by atoms with Gasteiger partial charge in [0.15, 0.2) is 0 Å². The lowest BCUT2D eigenvalue weighted by Gasteiger charge is -2.28. The molecule has 2 fully saturated rings. The van der Waals surface area contributed by atoms with Crippen LogP contribution >= 0.6 is 0 Å². The van der Waals surface area contributed by atoms with Crippen LogP contribution < -0.4 is 0 Å². The largest absolute Gasteiger partial charge is 0.298 e. The van der Waals surface area contributed by atoms with Gasteiger partial charge in [-0.2, -0.15) is 0 Å². The van der Waals surface area contributed by atoms with Crippen LogP contribution in [-0.4, -0.2) is 29.3 Å². The quantitative estimate of drug-likeness (QED) is 0.693. The molecule has 15 heavy (non-hydrogen) atoms. The third-order valence-corrected chi connectivity index (χ3v) is 3.65. The van der Waals surface area contributed by atoms with Crippen LogP contribution in [0.5, 0.6) is 0 Å². The number of hydrogen-bond acceptors (Lipinski definition) is 2. The Bertz CT molecular complexity index is 233. The zero-order chi connectivity index (χ0) is 10.8. The van der Waals surface area contributed by atoms with Gasteiger partial charge in [-0.05, 0) is 44.6 Å². The van der Waals surface area contributed by atoms with E-state index in [1.54, 1.807) is 0 Å². The summed E-state index contributed by atoms with van der Waals surface area (Å²) in [5.41, 5.74) is 0. The minimum Gasteiger partial charge on any atom is -0.298 e. The molecule has 0 spiro atoms. The molecule has 0 heterocycles. The van der Waals surface area contributed by atoms with Crippen LogP contribution in [0.1, 0.15) is 52.4 Å². The molecule has 2 aliphatic carbocycles. The number of nitrogens with zero attached hydrogens (tertiary/aromatic N) is 1. The predicted octanol–water partition coefficient (Wildman–Crippen LogP) is 2.62. The zero-order valence-electron chi connectivity index (χ0n) is 10.0. The van der Waals surface area contributed by atoms with E-state index in [-0.39, 0.29) is 6.04 Å². The minimum absolute atomic E-state index is 0.288. The molecule has 1 atom stereocenters. The van der Waals surface area contributed by atoms with Gasteiger partial charge in [-0.1, -0.05) is 13.8 Å². The molecule has 0 aromatic rings. The fourth-order valence-corrected chi connectivity index (χ4v) is 2.55. The summed E-state index contributed by atoms with van der Waals surface area (Å²) in [4.78, 5) is 14.3. The lowest BCUT2D eigenvalue weighted by Crippen LogP contribution is -2.40. The van der Waals surface area contributed by atoms with Gasteiger partial charge in [-0.3, -0.25) is 9.69 Å². The lowest BCUT2D eigenvalue weighted by molar-refractivity contribution is -0.122. The zero-order valence-corrected chi connectivity index (χ0v) is 10.0. The smallest absolute Gasteiger partial charge is 0.149 e. The second-order valence-electron chi connectivity index (χ2n) is 5.53. The van der Waals surface area contributed by atoms with Gasteiger partial charge in [0.25, 0.3) is 0 Å². The van der Waals surface area contributed by atoms with Gasteiger partial charge in [-0.15, -0.1) is 0 Å². The molecule has 2 heteroatoms. The Morgan fingerprint density at radius 1 is 1.33 bits per heavy atom. The summed E-state index contributed by atoms with van der Waals surface area (Å²) in [5, 5.41) is 0. The molecular weight excluding hydrogens is 186 g/mol. The number of carbonyl (C=O) groups is 1. The molecule has 0 radical (unpaired) electrons. The van der Waals surface area contributed by atoms with Crippen molar-refractivity contribution in [2.75, 3.05) is 6.54 Å². The summed E-state index contributed by atoms with van der Waals surface area (Å²) < 4.78 is 0. The topological polar surface area (TPSA) is 20.3 Å². The Hall–Kier alpha value is -0.370. The summed E-state index contributed by atoms with van der Waals surface area (Å²) in [5.74, 6) is 1.26. The maximum absolute atomic E-state index is 11.8. The van der Waals surface area contributed by atoms with Crippen LogP contribution in [0.25, 0.3) is 0 Å². The van der Waals surface area contributed by atoms with Crippen molar-refractivity contribution >= 4 is 5.78 Å². The van der Waals surface area contributed by atoms with Crippen LogP contribution in [-0.2, 0) is 4.79 Å². The second-order valence-corrected chi connectivity index (χ2v) is 5.53. The number of carbonyl (C=O) groups excluding carboxylic acids is 1. The predicted molar refractivity (Wildman–Crippen MR) is 61.8 cm³/mol. The number of hydrogen-bond donors (Lipinski definition) is 0. The average Bonchev–Trinajstić information content (AvgIpc) is 2.92. The molecule has 1 unspecified atom stereocenters. The lowest BCUT2D eigenvalue weighted by atomic mass is 10.1. The molecule has 2 aliphatic rings. The summed E-state index contributed by atoms with van der Waals surface area (Å²) in [6.07, 6.45) is 6.95. The monoisotopic (exact) mass is 209 g/mol. The van der Waals surface area contributed by atoms with E-state index < -0.39 is 0 Å². The van der Waals surface area contributed by atoms with Crippen molar-refractivity contribution in [1.82, 2.24) is 4.90 Å². The fourth-order valence-electron chi connectivity index (χ4n) is 2.55. The molecule has 0 amide bonds. The first-order valence-corrected chi connectivity index (χ1v) is 6.47. The van der Waals surface area contributed by atoms with Gasteiger partial charge in [0, 0.05) is 12.5 Å². The van der Waals surface area contributed by atoms with Crippen molar-refractivity contribution in [1.29, 1.82) is 0 Å². The van der Waals surface area contributed by atoms with Gasteiger partial charge in [0.1, 0.15) is 5.78 Å².